The molecule has 6 heteroatoms. The van der Waals surface area contributed by atoms with E-state index in [0.717, 1.165) is 0 Å². The van der Waals surface area contributed by atoms with Gasteiger partial charge in [-0.15, -0.1) is 0 Å². The van der Waals surface area contributed by atoms with Gasteiger partial charge in [-0.1, -0.05) is 28.1 Å². The molecule has 0 aliphatic heterocycles. The third-order valence-corrected chi connectivity index (χ3v) is 2.89. The summed E-state index contributed by atoms with van der Waals surface area (Å²) in [6, 6.07) is 6.86. The Hall–Kier alpha value is -1.04. The van der Waals surface area contributed by atoms with Gasteiger partial charge in [0, 0.05) is 6.42 Å². The zero-order valence-electron chi connectivity index (χ0n) is 7.96. The van der Waals surface area contributed by atoms with Crippen molar-refractivity contribution in [3.63, 3.8) is 0 Å². The molecule has 0 aliphatic rings. The fraction of sp³-hybridized carbons (Fsp3) is 0.300. The van der Waals surface area contributed by atoms with E-state index in [1.807, 2.05) is 0 Å². The summed E-state index contributed by atoms with van der Waals surface area (Å²) in [6.07, 6.45) is -4.60. The van der Waals surface area contributed by atoms with Crippen LogP contribution in [0.5, 0.6) is 0 Å². The van der Waals surface area contributed by atoms with Crippen LogP contribution in [0, 0.1) is 0 Å². The Morgan fingerprint density at radius 3 is 2.62 bits per heavy atom. The van der Waals surface area contributed by atoms with Crippen molar-refractivity contribution in [1.29, 1.82) is 0 Å². The summed E-state index contributed by atoms with van der Waals surface area (Å²) >= 11 is 2.57. The van der Waals surface area contributed by atoms with Crippen LogP contribution in [0.25, 0.3) is 11.1 Å². The topological polar surface area (TPSA) is 26.0 Å². The SMILES string of the molecule is FC(F)(F)C(Br)Cc1nc2ccccc2o1. The number of hydrogen-bond donors (Lipinski definition) is 0. The summed E-state index contributed by atoms with van der Waals surface area (Å²) in [5.74, 6) is 0.0837. The third-order valence-electron chi connectivity index (χ3n) is 2.05. The number of hydrogen-bond acceptors (Lipinski definition) is 2. The van der Waals surface area contributed by atoms with Crippen LogP contribution >= 0.6 is 15.9 Å². The highest BCUT2D eigenvalue weighted by Gasteiger charge is 2.38. The molecule has 0 fully saturated rings. The number of alkyl halides is 4. The van der Waals surface area contributed by atoms with Gasteiger partial charge in [0.25, 0.3) is 0 Å². The van der Waals surface area contributed by atoms with Crippen LogP contribution in [0.4, 0.5) is 13.2 Å². The second-order valence-electron chi connectivity index (χ2n) is 3.29. The van der Waals surface area contributed by atoms with Crippen molar-refractivity contribution in [1.82, 2.24) is 4.98 Å². The lowest BCUT2D eigenvalue weighted by Gasteiger charge is -2.11. The largest absolute Gasteiger partial charge is 0.441 e. The average Bonchev–Trinajstić information content (AvgIpc) is 2.58. The smallest absolute Gasteiger partial charge is 0.401 e. The van der Waals surface area contributed by atoms with E-state index < -0.39 is 11.0 Å². The fourth-order valence-electron chi connectivity index (χ4n) is 1.28. The van der Waals surface area contributed by atoms with Gasteiger partial charge in [-0.3, -0.25) is 0 Å². The molecule has 16 heavy (non-hydrogen) atoms. The van der Waals surface area contributed by atoms with Crippen LogP contribution in [-0.4, -0.2) is 16.0 Å². The Morgan fingerprint density at radius 1 is 1.31 bits per heavy atom. The summed E-state index contributed by atoms with van der Waals surface area (Å²) in [6.45, 7) is 0. The summed E-state index contributed by atoms with van der Waals surface area (Å²) < 4.78 is 42.0. The number of rotatable bonds is 2. The maximum atomic E-state index is 12.3. The first-order valence-electron chi connectivity index (χ1n) is 4.52. The van der Waals surface area contributed by atoms with Gasteiger partial charge in [0.1, 0.15) is 10.3 Å². The van der Waals surface area contributed by atoms with Gasteiger partial charge in [0.2, 0.25) is 0 Å². The fourth-order valence-corrected chi connectivity index (χ4v) is 1.55. The van der Waals surface area contributed by atoms with Gasteiger partial charge in [-0.25, -0.2) is 4.98 Å². The highest BCUT2D eigenvalue weighted by atomic mass is 79.9. The first kappa shape index (κ1) is 11.4. The second kappa shape index (κ2) is 4.08. The van der Waals surface area contributed by atoms with Crippen LogP contribution in [-0.2, 0) is 6.42 Å². The number of fused-ring (bicyclic) bond motifs is 1. The molecule has 0 saturated heterocycles. The Bertz CT molecular complexity index is 461. The lowest BCUT2D eigenvalue weighted by Crippen LogP contribution is -2.24. The molecule has 0 N–H and O–H groups in total. The quantitative estimate of drug-likeness (QED) is 0.789. The van der Waals surface area contributed by atoms with E-state index in [4.69, 9.17) is 4.42 Å². The second-order valence-corrected chi connectivity index (χ2v) is 4.39. The molecule has 1 aromatic carbocycles. The summed E-state index contributed by atoms with van der Waals surface area (Å²) in [4.78, 5) is 2.34. The number of para-hydroxylation sites is 2. The number of oxazole rings is 1. The van der Waals surface area contributed by atoms with Crippen molar-refractivity contribution in [2.24, 2.45) is 0 Å². The molecule has 0 spiro atoms. The highest BCUT2D eigenvalue weighted by Crippen LogP contribution is 2.29. The van der Waals surface area contributed by atoms with Crippen molar-refractivity contribution >= 4 is 27.0 Å². The molecule has 1 unspecified atom stereocenters. The Labute approximate surface area is 97.6 Å². The van der Waals surface area contributed by atoms with Gasteiger partial charge in [-0.05, 0) is 12.1 Å². The molecule has 1 atom stereocenters. The van der Waals surface area contributed by atoms with Crippen LogP contribution in [0.1, 0.15) is 5.89 Å². The van der Waals surface area contributed by atoms with E-state index >= 15 is 0 Å². The van der Waals surface area contributed by atoms with Gasteiger partial charge >= 0.3 is 6.18 Å². The number of aromatic nitrogens is 1. The summed E-state index contributed by atoms with van der Waals surface area (Å²) in [5, 5.41) is 0. The normalized spacial score (nSPS) is 14.2. The molecule has 0 bridgehead atoms. The highest BCUT2D eigenvalue weighted by molar-refractivity contribution is 9.09. The molecule has 2 aromatic rings. The van der Waals surface area contributed by atoms with Crippen molar-refractivity contribution in [3.8, 4) is 0 Å². The van der Waals surface area contributed by atoms with Crippen molar-refractivity contribution in [3.05, 3.63) is 30.2 Å². The molecule has 2 nitrogen and oxygen atoms in total. The van der Waals surface area contributed by atoms with Crippen molar-refractivity contribution in [2.45, 2.75) is 17.4 Å². The zero-order chi connectivity index (χ0) is 11.8. The molecule has 0 aliphatic carbocycles. The monoisotopic (exact) mass is 293 g/mol. The molecule has 0 saturated carbocycles. The minimum Gasteiger partial charge on any atom is -0.441 e. The van der Waals surface area contributed by atoms with Crippen LogP contribution < -0.4 is 0 Å². The average molecular weight is 294 g/mol. The predicted octanol–water partition coefficient (Wildman–Crippen LogP) is 3.70. The number of nitrogens with zero attached hydrogens (tertiary/aromatic N) is 1. The van der Waals surface area contributed by atoms with Gasteiger partial charge in [0.05, 0.1) is 0 Å². The molecular weight excluding hydrogens is 287 g/mol. The van der Waals surface area contributed by atoms with Gasteiger partial charge in [-0.2, -0.15) is 13.2 Å². The zero-order valence-corrected chi connectivity index (χ0v) is 9.55. The molecular formula is C10H7BrF3NO. The molecule has 1 heterocycles. The summed E-state index contributed by atoms with van der Waals surface area (Å²) in [7, 11) is 0. The van der Waals surface area contributed by atoms with E-state index in [-0.39, 0.29) is 12.3 Å². The van der Waals surface area contributed by atoms with Crippen LogP contribution in [0.2, 0.25) is 0 Å². The first-order valence-corrected chi connectivity index (χ1v) is 5.43. The van der Waals surface area contributed by atoms with Crippen LogP contribution in [0.3, 0.4) is 0 Å². The lowest BCUT2D eigenvalue weighted by atomic mass is 10.3. The first-order chi connectivity index (χ1) is 7.47. The Kier molecular flexibility index (Phi) is 2.92. The number of benzene rings is 1. The molecule has 0 radical (unpaired) electrons. The van der Waals surface area contributed by atoms with Crippen molar-refractivity contribution in [2.75, 3.05) is 0 Å². The molecule has 86 valence electrons. The predicted molar refractivity (Wildman–Crippen MR) is 56.5 cm³/mol. The molecule has 2 rings (SSSR count). The lowest BCUT2D eigenvalue weighted by molar-refractivity contribution is -0.127. The molecule has 1 aromatic heterocycles. The van der Waals surface area contributed by atoms with E-state index in [9.17, 15) is 13.2 Å². The molecule has 0 amide bonds. The Morgan fingerprint density at radius 2 is 2.00 bits per heavy atom. The minimum absolute atomic E-state index is 0.0837. The Balaban J connectivity index is 2.22. The van der Waals surface area contributed by atoms with Gasteiger partial charge in [0.15, 0.2) is 11.5 Å². The minimum atomic E-state index is -4.29. The van der Waals surface area contributed by atoms with Crippen LogP contribution in [0.15, 0.2) is 28.7 Å². The summed E-state index contributed by atoms with van der Waals surface area (Å²) in [5.41, 5.74) is 1.07. The van der Waals surface area contributed by atoms with E-state index in [1.54, 1.807) is 24.3 Å². The maximum Gasteiger partial charge on any atom is 0.401 e. The van der Waals surface area contributed by atoms with Gasteiger partial charge < -0.3 is 4.42 Å². The van der Waals surface area contributed by atoms with E-state index in [2.05, 4.69) is 20.9 Å². The number of halogens is 4. The third kappa shape index (κ3) is 2.37. The maximum absolute atomic E-state index is 12.3. The van der Waals surface area contributed by atoms with E-state index in [1.165, 1.54) is 0 Å². The standard InChI is InChI=1S/C10H7BrF3NO/c11-8(10(12,13)14)5-9-15-6-3-1-2-4-7(6)16-9/h1-4,8H,5H2. The van der Waals surface area contributed by atoms with E-state index in [0.29, 0.717) is 11.1 Å². The van der Waals surface area contributed by atoms with Crippen molar-refractivity contribution < 1.29 is 17.6 Å².